The average Bonchev–Trinajstić information content (AvgIpc) is 2.73. The first-order valence-corrected chi connectivity index (χ1v) is 8.68. The number of rotatable bonds is 7. The molecule has 0 atom stereocenters. The number of aromatic nitrogens is 2. The number of nitrogens with one attached hydrogen (secondary N) is 3. The lowest BCUT2D eigenvalue weighted by Gasteiger charge is -2.02. The minimum Gasteiger partial charge on any atom is -0.497 e. The third kappa shape index (κ3) is 5.07. The van der Waals surface area contributed by atoms with Crippen molar-refractivity contribution in [2.45, 2.75) is 0 Å². The van der Waals surface area contributed by atoms with Gasteiger partial charge in [0.2, 0.25) is 0 Å². The van der Waals surface area contributed by atoms with Crippen LogP contribution in [-0.4, -0.2) is 28.2 Å². The van der Waals surface area contributed by atoms with E-state index in [9.17, 15) is 19.7 Å². The Labute approximate surface area is 169 Å². The van der Waals surface area contributed by atoms with Crippen molar-refractivity contribution in [3.63, 3.8) is 0 Å². The van der Waals surface area contributed by atoms with Gasteiger partial charge in [0.25, 0.3) is 0 Å². The number of nitro groups is 1. The molecule has 0 fully saturated rings. The minimum absolute atomic E-state index is 0.178. The number of aromatic amines is 2. The van der Waals surface area contributed by atoms with E-state index in [-0.39, 0.29) is 5.69 Å². The first-order valence-electron chi connectivity index (χ1n) is 8.68. The Hall–Kier alpha value is -4.47. The van der Waals surface area contributed by atoms with Crippen LogP contribution in [-0.2, 0) is 0 Å². The van der Waals surface area contributed by atoms with Gasteiger partial charge in [-0.25, -0.2) is 4.79 Å². The summed E-state index contributed by atoms with van der Waals surface area (Å²) in [7, 11) is 1.60. The summed E-state index contributed by atoms with van der Waals surface area (Å²) in [5, 5.41) is 15.2. The van der Waals surface area contributed by atoms with Gasteiger partial charge in [0.05, 0.1) is 23.9 Å². The zero-order valence-electron chi connectivity index (χ0n) is 15.8. The van der Waals surface area contributed by atoms with Gasteiger partial charge in [-0.2, -0.15) is 5.10 Å². The monoisotopic (exact) mass is 407 g/mol. The number of nitrogens with zero attached hydrogens (tertiary/aromatic N) is 2. The molecule has 0 saturated heterocycles. The Kier molecular flexibility index (Phi) is 6.18. The maximum absolute atomic E-state index is 11.6. The fourth-order valence-electron chi connectivity index (χ4n) is 2.52. The van der Waals surface area contributed by atoms with Crippen molar-refractivity contribution in [3.8, 4) is 5.75 Å². The fraction of sp³-hybridized carbons (Fsp3) is 0.0500. The van der Waals surface area contributed by atoms with Crippen molar-refractivity contribution in [2.24, 2.45) is 5.10 Å². The topological polar surface area (TPSA) is 142 Å². The second kappa shape index (κ2) is 9.15. The zero-order chi connectivity index (χ0) is 21.5. The zero-order valence-corrected chi connectivity index (χ0v) is 15.8. The quantitative estimate of drug-likeness (QED) is 0.312. The van der Waals surface area contributed by atoms with Crippen LogP contribution in [0.1, 0.15) is 16.8 Å². The van der Waals surface area contributed by atoms with Crippen LogP contribution < -0.4 is 21.4 Å². The van der Waals surface area contributed by atoms with Crippen LogP contribution >= 0.6 is 0 Å². The van der Waals surface area contributed by atoms with Crippen molar-refractivity contribution < 1.29 is 9.66 Å². The molecule has 30 heavy (non-hydrogen) atoms. The minimum atomic E-state index is -1.06. The van der Waals surface area contributed by atoms with Crippen LogP contribution in [0.15, 0.2) is 63.2 Å². The highest BCUT2D eigenvalue weighted by atomic mass is 16.6. The van der Waals surface area contributed by atoms with Gasteiger partial charge in [-0.1, -0.05) is 30.3 Å². The van der Waals surface area contributed by atoms with E-state index in [2.05, 4.69) is 15.5 Å². The van der Waals surface area contributed by atoms with Gasteiger partial charge in [0.1, 0.15) is 11.4 Å². The standard InChI is InChI=1S/C20H17N5O5/c1-30-16-9-7-15(8-10-16)24-21-12-14-4-2-13(3-5-14)6-11-17-18(25(28)29)19(26)23-20(27)22-17/h2-12,24H,1H3,(H2,22,23,26,27)/b11-6+,21-12+. The van der Waals surface area contributed by atoms with E-state index in [0.717, 1.165) is 17.0 Å². The Morgan fingerprint density at radius 2 is 1.67 bits per heavy atom. The van der Waals surface area contributed by atoms with Crippen molar-refractivity contribution in [3.05, 3.63) is 96.3 Å². The van der Waals surface area contributed by atoms with E-state index in [1.165, 1.54) is 6.08 Å². The van der Waals surface area contributed by atoms with Crippen molar-refractivity contribution in [1.29, 1.82) is 0 Å². The largest absolute Gasteiger partial charge is 0.497 e. The molecule has 1 heterocycles. The van der Waals surface area contributed by atoms with Gasteiger partial charge in [-0.15, -0.1) is 0 Å². The van der Waals surface area contributed by atoms with E-state index in [1.54, 1.807) is 43.7 Å². The first-order chi connectivity index (χ1) is 14.5. The van der Waals surface area contributed by atoms with Gasteiger partial charge in [0.15, 0.2) is 0 Å². The highest BCUT2D eigenvalue weighted by Crippen LogP contribution is 2.15. The highest BCUT2D eigenvalue weighted by Gasteiger charge is 2.18. The lowest BCUT2D eigenvalue weighted by Crippen LogP contribution is -2.25. The molecular formula is C20H17N5O5. The SMILES string of the molecule is COc1ccc(N/N=C/c2ccc(/C=C/c3[nH]c(=O)[nH]c(=O)c3[N+](=O)[O-])cc2)cc1. The van der Waals surface area contributed by atoms with Gasteiger partial charge < -0.3 is 9.72 Å². The molecule has 0 spiro atoms. The molecule has 1 aromatic heterocycles. The van der Waals surface area contributed by atoms with Gasteiger partial charge in [-0.05, 0) is 41.5 Å². The number of hydrogen-bond acceptors (Lipinski definition) is 7. The Morgan fingerprint density at radius 3 is 2.30 bits per heavy atom. The van der Waals surface area contributed by atoms with Crippen LogP contribution in [0.3, 0.4) is 0 Å². The average molecular weight is 407 g/mol. The van der Waals surface area contributed by atoms with Crippen LogP contribution in [0.2, 0.25) is 0 Å². The van der Waals surface area contributed by atoms with E-state index in [1.807, 2.05) is 29.2 Å². The molecule has 3 rings (SSSR count). The molecule has 2 aromatic carbocycles. The lowest BCUT2D eigenvalue weighted by molar-refractivity contribution is -0.386. The summed E-state index contributed by atoms with van der Waals surface area (Å²) in [5.41, 5.74) is 2.47. The molecule has 0 saturated carbocycles. The van der Waals surface area contributed by atoms with Crippen LogP contribution in [0.25, 0.3) is 12.2 Å². The Morgan fingerprint density at radius 1 is 1.00 bits per heavy atom. The van der Waals surface area contributed by atoms with E-state index in [0.29, 0.717) is 5.56 Å². The number of ether oxygens (including phenoxy) is 1. The number of benzene rings is 2. The maximum Gasteiger partial charge on any atom is 0.357 e. The van der Waals surface area contributed by atoms with Gasteiger partial charge in [0, 0.05) is 0 Å². The normalized spacial score (nSPS) is 11.1. The molecule has 3 aromatic rings. The summed E-state index contributed by atoms with van der Waals surface area (Å²) >= 11 is 0. The summed E-state index contributed by atoms with van der Waals surface area (Å²) < 4.78 is 5.09. The molecule has 0 aliphatic carbocycles. The molecule has 10 heteroatoms. The van der Waals surface area contributed by atoms with Crippen LogP contribution in [0, 0.1) is 10.1 Å². The molecule has 152 valence electrons. The fourth-order valence-corrected chi connectivity index (χ4v) is 2.52. The molecule has 10 nitrogen and oxygen atoms in total. The van der Waals surface area contributed by atoms with Gasteiger partial charge in [-0.3, -0.25) is 25.3 Å². The summed E-state index contributed by atoms with van der Waals surface area (Å²) in [4.78, 5) is 37.3. The summed E-state index contributed by atoms with van der Waals surface area (Å²) in [6, 6.07) is 14.4. The first kappa shape index (κ1) is 20.3. The lowest BCUT2D eigenvalue weighted by atomic mass is 10.1. The predicted molar refractivity (Wildman–Crippen MR) is 114 cm³/mol. The summed E-state index contributed by atoms with van der Waals surface area (Å²) in [5.74, 6) is 0.752. The van der Waals surface area contributed by atoms with Crippen molar-refractivity contribution in [2.75, 3.05) is 12.5 Å². The Balaban J connectivity index is 1.69. The Bertz CT molecular complexity index is 1210. The maximum atomic E-state index is 11.6. The molecule has 3 N–H and O–H groups in total. The van der Waals surface area contributed by atoms with Gasteiger partial charge >= 0.3 is 16.9 Å². The molecule has 0 amide bonds. The van der Waals surface area contributed by atoms with Crippen LogP contribution in [0.5, 0.6) is 5.75 Å². The van der Waals surface area contributed by atoms with E-state index >= 15 is 0 Å². The second-order valence-corrected chi connectivity index (χ2v) is 6.03. The molecule has 0 aliphatic heterocycles. The predicted octanol–water partition coefficient (Wildman–Crippen LogP) is 2.60. The third-order valence-electron chi connectivity index (χ3n) is 4.00. The molecule has 0 bridgehead atoms. The smallest absolute Gasteiger partial charge is 0.357 e. The van der Waals surface area contributed by atoms with Crippen molar-refractivity contribution >= 4 is 29.7 Å². The molecule has 0 unspecified atom stereocenters. The summed E-state index contributed by atoms with van der Waals surface area (Å²) in [6.45, 7) is 0. The van der Waals surface area contributed by atoms with E-state index in [4.69, 9.17) is 4.74 Å². The van der Waals surface area contributed by atoms with Crippen molar-refractivity contribution in [1.82, 2.24) is 9.97 Å². The highest BCUT2D eigenvalue weighted by molar-refractivity contribution is 5.81. The van der Waals surface area contributed by atoms with Crippen LogP contribution in [0.4, 0.5) is 11.4 Å². The number of hydrazone groups is 1. The number of anilines is 1. The molecule has 0 radical (unpaired) electrons. The second-order valence-electron chi connectivity index (χ2n) is 6.03. The third-order valence-corrected chi connectivity index (χ3v) is 4.00. The molecular weight excluding hydrogens is 390 g/mol. The number of methoxy groups -OCH3 is 1. The van der Waals surface area contributed by atoms with E-state index < -0.39 is 21.9 Å². The summed E-state index contributed by atoms with van der Waals surface area (Å²) in [6.07, 6.45) is 4.49. The molecule has 0 aliphatic rings. The number of hydrogen-bond donors (Lipinski definition) is 3. The number of H-pyrrole nitrogens is 2.